The zero-order valence-electron chi connectivity index (χ0n) is 20.3. The van der Waals surface area contributed by atoms with Gasteiger partial charge in [0.05, 0.1) is 19.7 Å². The van der Waals surface area contributed by atoms with E-state index < -0.39 is 0 Å². The van der Waals surface area contributed by atoms with E-state index in [1.807, 2.05) is 0 Å². The lowest BCUT2D eigenvalue weighted by atomic mass is 9.87. The SMILES string of the molecule is Cn1c(-c2c(-c3ccccc3)cc(-c3ccc(Br)cc3)cc2-c2ccccc2)[n+](C)c2ccccc21. The number of aromatic nitrogens is 2. The number of fused-ring (bicyclic) bond motifs is 1. The van der Waals surface area contributed by atoms with Gasteiger partial charge in [0.25, 0.3) is 5.82 Å². The number of nitrogens with zero attached hydrogens (tertiary/aromatic N) is 2. The Hall–Kier alpha value is -3.95. The molecule has 0 radical (unpaired) electrons. The third-order valence-corrected chi connectivity index (χ3v) is 7.48. The van der Waals surface area contributed by atoms with Crippen molar-refractivity contribution in [1.29, 1.82) is 0 Å². The second-order valence-electron chi connectivity index (χ2n) is 9.12. The smallest absolute Gasteiger partial charge is 0.226 e. The first kappa shape index (κ1) is 22.5. The molecule has 0 spiro atoms. The Morgan fingerprint density at radius 1 is 0.583 bits per heavy atom. The lowest BCUT2D eigenvalue weighted by Gasteiger charge is -2.17. The standard InChI is InChI=1S/C33H26BrN2/c1-35-30-15-9-10-16-31(30)36(2)33(35)32-28(24-11-5-3-6-12-24)21-26(23-17-19-27(34)20-18-23)22-29(32)25-13-7-4-8-14-25/h3-22H,1-2H3/q+1. The van der Waals surface area contributed by atoms with Crippen molar-refractivity contribution < 1.29 is 4.57 Å². The van der Waals surface area contributed by atoms with E-state index in [2.05, 4.69) is 160 Å². The van der Waals surface area contributed by atoms with E-state index in [9.17, 15) is 0 Å². The van der Waals surface area contributed by atoms with Crippen molar-refractivity contribution in [1.82, 2.24) is 4.57 Å². The van der Waals surface area contributed by atoms with Crippen LogP contribution in [0.15, 0.2) is 126 Å². The summed E-state index contributed by atoms with van der Waals surface area (Å²) in [5.74, 6) is 1.18. The maximum absolute atomic E-state index is 3.59. The molecule has 0 bridgehead atoms. The van der Waals surface area contributed by atoms with Gasteiger partial charge in [-0.25, -0.2) is 9.13 Å². The van der Waals surface area contributed by atoms with Crippen molar-refractivity contribution in [3.8, 4) is 44.8 Å². The van der Waals surface area contributed by atoms with Crippen LogP contribution in [-0.4, -0.2) is 4.57 Å². The highest BCUT2D eigenvalue weighted by Crippen LogP contribution is 2.43. The number of aryl methyl sites for hydroxylation is 2. The van der Waals surface area contributed by atoms with E-state index in [1.54, 1.807) is 0 Å². The van der Waals surface area contributed by atoms with Gasteiger partial charge in [0.1, 0.15) is 0 Å². The third kappa shape index (κ3) is 3.86. The lowest BCUT2D eigenvalue weighted by molar-refractivity contribution is -0.634. The number of halogens is 1. The Bertz CT molecular complexity index is 1580. The predicted molar refractivity (Wildman–Crippen MR) is 154 cm³/mol. The van der Waals surface area contributed by atoms with Crippen LogP contribution in [0.2, 0.25) is 0 Å². The molecular formula is C33H26BrN2+. The summed E-state index contributed by atoms with van der Waals surface area (Å²) in [7, 11) is 4.34. The van der Waals surface area contributed by atoms with Crippen LogP contribution in [0.1, 0.15) is 0 Å². The van der Waals surface area contributed by atoms with E-state index >= 15 is 0 Å². The fraction of sp³-hybridized carbons (Fsp3) is 0.0606. The molecule has 0 saturated heterocycles. The molecule has 1 aromatic heterocycles. The molecule has 0 atom stereocenters. The molecule has 2 nitrogen and oxygen atoms in total. The summed E-state index contributed by atoms with van der Waals surface area (Å²) in [5.41, 5.74) is 10.9. The Balaban J connectivity index is 1.76. The van der Waals surface area contributed by atoms with Crippen molar-refractivity contribution in [2.24, 2.45) is 14.1 Å². The van der Waals surface area contributed by atoms with E-state index in [-0.39, 0.29) is 0 Å². The minimum atomic E-state index is 1.08. The number of hydrogen-bond acceptors (Lipinski definition) is 0. The Morgan fingerprint density at radius 3 is 1.67 bits per heavy atom. The van der Waals surface area contributed by atoms with Gasteiger partial charge >= 0.3 is 0 Å². The molecule has 174 valence electrons. The molecule has 5 aromatic carbocycles. The van der Waals surface area contributed by atoms with Gasteiger partial charge < -0.3 is 0 Å². The average molecular weight is 530 g/mol. The minimum absolute atomic E-state index is 1.08. The van der Waals surface area contributed by atoms with E-state index in [1.165, 1.54) is 55.8 Å². The van der Waals surface area contributed by atoms with Crippen molar-refractivity contribution in [3.63, 3.8) is 0 Å². The lowest BCUT2D eigenvalue weighted by Crippen LogP contribution is -2.30. The zero-order chi connectivity index (χ0) is 24.6. The first-order valence-electron chi connectivity index (χ1n) is 12.1. The number of imidazole rings is 1. The fourth-order valence-corrected chi connectivity index (χ4v) is 5.47. The number of rotatable bonds is 4. The third-order valence-electron chi connectivity index (χ3n) is 6.95. The van der Waals surface area contributed by atoms with E-state index in [4.69, 9.17) is 0 Å². The van der Waals surface area contributed by atoms with E-state index in [0.29, 0.717) is 0 Å². The normalized spacial score (nSPS) is 11.2. The molecule has 36 heavy (non-hydrogen) atoms. The molecule has 0 amide bonds. The number of para-hydroxylation sites is 2. The average Bonchev–Trinajstić information content (AvgIpc) is 3.19. The van der Waals surface area contributed by atoms with Gasteiger partial charge in [-0.15, -0.1) is 0 Å². The summed E-state index contributed by atoms with van der Waals surface area (Å²) in [6.07, 6.45) is 0. The molecule has 0 aliphatic rings. The van der Waals surface area contributed by atoms with Crippen molar-refractivity contribution in [3.05, 3.63) is 126 Å². The monoisotopic (exact) mass is 529 g/mol. The molecule has 6 aromatic rings. The second kappa shape index (κ2) is 9.25. The van der Waals surface area contributed by atoms with Crippen molar-refractivity contribution in [2.75, 3.05) is 0 Å². The van der Waals surface area contributed by atoms with Crippen LogP contribution in [0.25, 0.3) is 55.8 Å². The molecule has 0 aliphatic heterocycles. The summed E-state index contributed by atoms with van der Waals surface area (Å²) in [6, 6.07) is 43.4. The molecule has 0 saturated carbocycles. The molecule has 0 fully saturated rings. The fourth-order valence-electron chi connectivity index (χ4n) is 5.20. The molecular weight excluding hydrogens is 504 g/mol. The van der Waals surface area contributed by atoms with Crippen molar-refractivity contribution in [2.45, 2.75) is 0 Å². The molecule has 1 heterocycles. The highest BCUT2D eigenvalue weighted by Gasteiger charge is 2.28. The maximum atomic E-state index is 3.59. The van der Waals surface area contributed by atoms with Gasteiger partial charge in [0.2, 0.25) is 0 Å². The molecule has 3 heteroatoms. The number of benzene rings is 5. The minimum Gasteiger partial charge on any atom is -0.226 e. The first-order chi connectivity index (χ1) is 17.6. The van der Waals surface area contributed by atoms with Gasteiger partial charge in [0, 0.05) is 4.47 Å². The summed E-state index contributed by atoms with van der Waals surface area (Å²) in [6.45, 7) is 0. The summed E-state index contributed by atoms with van der Waals surface area (Å²) in [4.78, 5) is 0. The topological polar surface area (TPSA) is 8.81 Å². The summed E-state index contributed by atoms with van der Waals surface area (Å²) >= 11 is 3.59. The van der Waals surface area contributed by atoms with Gasteiger partial charge in [-0.1, -0.05) is 101 Å². The molecule has 6 rings (SSSR count). The van der Waals surface area contributed by atoms with Gasteiger partial charge in [-0.3, -0.25) is 0 Å². The largest absolute Gasteiger partial charge is 0.290 e. The van der Waals surface area contributed by atoms with E-state index in [0.717, 1.165) is 4.47 Å². The van der Waals surface area contributed by atoms with Crippen LogP contribution in [0.3, 0.4) is 0 Å². The second-order valence-corrected chi connectivity index (χ2v) is 10.0. The van der Waals surface area contributed by atoms with Gasteiger partial charge in [-0.2, -0.15) is 0 Å². The highest BCUT2D eigenvalue weighted by atomic mass is 79.9. The summed E-state index contributed by atoms with van der Waals surface area (Å²) in [5, 5.41) is 0. The first-order valence-corrected chi connectivity index (χ1v) is 12.9. The van der Waals surface area contributed by atoms with Crippen LogP contribution in [0, 0.1) is 0 Å². The Morgan fingerprint density at radius 2 is 1.11 bits per heavy atom. The van der Waals surface area contributed by atoms with Gasteiger partial charge in [-0.05, 0) is 69.8 Å². The number of hydrogen-bond donors (Lipinski definition) is 0. The molecule has 0 unspecified atom stereocenters. The molecule has 0 N–H and O–H groups in total. The summed E-state index contributed by atoms with van der Waals surface area (Å²) < 4.78 is 5.73. The predicted octanol–water partition coefficient (Wildman–Crippen LogP) is 8.43. The van der Waals surface area contributed by atoms with Crippen LogP contribution in [-0.2, 0) is 14.1 Å². The molecule has 0 aliphatic carbocycles. The zero-order valence-corrected chi connectivity index (χ0v) is 21.9. The van der Waals surface area contributed by atoms with Gasteiger partial charge in [0.15, 0.2) is 11.0 Å². The highest BCUT2D eigenvalue weighted by molar-refractivity contribution is 9.10. The van der Waals surface area contributed by atoms with Crippen LogP contribution in [0.4, 0.5) is 0 Å². The van der Waals surface area contributed by atoms with Crippen molar-refractivity contribution >= 4 is 27.0 Å². The quantitative estimate of drug-likeness (QED) is 0.202. The van der Waals surface area contributed by atoms with Crippen LogP contribution >= 0.6 is 15.9 Å². The Kier molecular flexibility index (Phi) is 5.79. The van der Waals surface area contributed by atoms with Crippen LogP contribution < -0.4 is 4.57 Å². The Labute approximate surface area is 220 Å². The maximum Gasteiger partial charge on any atom is 0.290 e. The van der Waals surface area contributed by atoms with Crippen LogP contribution in [0.5, 0.6) is 0 Å².